The largest absolute Gasteiger partial charge is 0.368 e. The van der Waals surface area contributed by atoms with Crippen LogP contribution in [0.25, 0.3) is 0 Å². The molecule has 1 rings (SSSR count). The first-order valence-electron chi connectivity index (χ1n) is 5.32. The molecule has 1 atom stereocenters. The summed E-state index contributed by atoms with van der Waals surface area (Å²) in [7, 11) is 0. The lowest BCUT2D eigenvalue weighted by Crippen LogP contribution is -2.39. The number of nitrogens with zero attached hydrogens (tertiary/aromatic N) is 2. The van der Waals surface area contributed by atoms with Gasteiger partial charge in [0.25, 0.3) is 0 Å². The number of nitrogens with one attached hydrogen (secondary N) is 2. The Bertz CT molecular complexity index is 406. The number of aromatic nitrogens is 2. The molecule has 0 spiro atoms. The van der Waals surface area contributed by atoms with Crippen molar-refractivity contribution >= 4 is 17.7 Å². The van der Waals surface area contributed by atoms with Crippen LogP contribution in [0.15, 0.2) is 6.07 Å². The summed E-state index contributed by atoms with van der Waals surface area (Å²) in [5, 5.41) is 2.97. The van der Waals surface area contributed by atoms with Crippen LogP contribution in [0.5, 0.6) is 0 Å². The normalized spacial score (nSPS) is 12.3. The van der Waals surface area contributed by atoms with Gasteiger partial charge in [0, 0.05) is 11.8 Å². The second kappa shape index (κ2) is 5.44. The van der Waals surface area contributed by atoms with Crippen LogP contribution < -0.4 is 22.3 Å². The lowest BCUT2D eigenvalue weighted by atomic mass is 10.0. The Kier molecular flexibility index (Phi) is 4.22. The summed E-state index contributed by atoms with van der Waals surface area (Å²) in [5.41, 5.74) is 8.41. The molecule has 0 saturated heterocycles. The van der Waals surface area contributed by atoms with Crippen LogP contribution >= 0.6 is 0 Å². The van der Waals surface area contributed by atoms with E-state index < -0.39 is 11.9 Å². The highest BCUT2D eigenvalue weighted by atomic mass is 16.1. The highest BCUT2D eigenvalue weighted by molar-refractivity contribution is 5.83. The van der Waals surface area contributed by atoms with Crippen LogP contribution in [0.3, 0.4) is 0 Å². The fourth-order valence-corrected chi connectivity index (χ4v) is 1.43. The molecule has 1 aromatic rings. The zero-order valence-corrected chi connectivity index (χ0v) is 10.2. The summed E-state index contributed by atoms with van der Waals surface area (Å²) >= 11 is 0. The van der Waals surface area contributed by atoms with Crippen molar-refractivity contribution in [1.29, 1.82) is 0 Å². The maximum Gasteiger partial charge on any atom is 0.240 e. The molecule has 94 valence electrons. The first-order valence-corrected chi connectivity index (χ1v) is 5.32. The predicted molar refractivity (Wildman–Crippen MR) is 66.0 cm³/mol. The monoisotopic (exact) mass is 238 g/mol. The molecule has 0 aliphatic carbocycles. The first kappa shape index (κ1) is 13.2. The molecule has 0 aromatic carbocycles. The number of primary amides is 1. The van der Waals surface area contributed by atoms with Gasteiger partial charge in [-0.15, -0.1) is 0 Å². The van der Waals surface area contributed by atoms with E-state index in [0.29, 0.717) is 11.8 Å². The van der Waals surface area contributed by atoms with Gasteiger partial charge in [-0.05, 0) is 12.8 Å². The van der Waals surface area contributed by atoms with Crippen LogP contribution in [-0.2, 0) is 4.79 Å². The van der Waals surface area contributed by atoms with Gasteiger partial charge in [0.1, 0.15) is 11.9 Å². The number of anilines is 2. The number of hydrogen-bond donors (Lipinski definition) is 4. The van der Waals surface area contributed by atoms with Gasteiger partial charge in [-0.25, -0.2) is 10.8 Å². The molecule has 0 bridgehead atoms. The summed E-state index contributed by atoms with van der Waals surface area (Å²) in [6.07, 6.45) is 0. The molecule has 0 aliphatic heterocycles. The Labute approximate surface area is 100.0 Å². The summed E-state index contributed by atoms with van der Waals surface area (Å²) in [4.78, 5) is 19.4. The van der Waals surface area contributed by atoms with Gasteiger partial charge in [-0.2, -0.15) is 4.98 Å². The molecular formula is C10H18N6O. The summed E-state index contributed by atoms with van der Waals surface area (Å²) in [6.45, 7) is 5.61. The number of carbonyl (C=O) groups is 1. The molecule has 1 amide bonds. The van der Waals surface area contributed by atoms with Gasteiger partial charge in [0.2, 0.25) is 11.9 Å². The average Bonchev–Trinajstić information content (AvgIpc) is 2.24. The molecule has 0 fully saturated rings. The summed E-state index contributed by atoms with van der Waals surface area (Å²) in [5.74, 6) is 5.70. The van der Waals surface area contributed by atoms with Gasteiger partial charge < -0.3 is 11.1 Å². The number of hydrogen-bond acceptors (Lipinski definition) is 6. The van der Waals surface area contributed by atoms with Crippen molar-refractivity contribution in [2.45, 2.75) is 26.8 Å². The van der Waals surface area contributed by atoms with Crippen LogP contribution in [-0.4, -0.2) is 21.9 Å². The number of aryl methyl sites for hydroxylation is 1. The summed E-state index contributed by atoms with van der Waals surface area (Å²) in [6, 6.07) is 1.24. The lowest BCUT2D eigenvalue weighted by molar-refractivity contribution is -0.119. The molecular weight excluding hydrogens is 220 g/mol. The van der Waals surface area contributed by atoms with Gasteiger partial charge in [0.15, 0.2) is 0 Å². The van der Waals surface area contributed by atoms with Gasteiger partial charge in [0.05, 0.1) is 0 Å². The van der Waals surface area contributed by atoms with E-state index in [1.807, 2.05) is 20.8 Å². The topological polar surface area (TPSA) is 119 Å². The Balaban J connectivity index is 2.93. The molecule has 0 aliphatic rings. The van der Waals surface area contributed by atoms with Crippen LogP contribution in [0.4, 0.5) is 11.8 Å². The van der Waals surface area contributed by atoms with Crippen molar-refractivity contribution < 1.29 is 4.79 Å². The third kappa shape index (κ3) is 3.56. The Morgan fingerprint density at radius 1 is 1.41 bits per heavy atom. The fourth-order valence-electron chi connectivity index (χ4n) is 1.43. The maximum absolute atomic E-state index is 11.3. The zero-order valence-electron chi connectivity index (χ0n) is 10.2. The first-order chi connectivity index (χ1) is 7.93. The predicted octanol–water partition coefficient (Wildman–Crippen LogP) is -0.00758. The Morgan fingerprint density at radius 2 is 2.06 bits per heavy atom. The molecule has 7 nitrogen and oxygen atoms in total. The number of nitrogens with two attached hydrogens (primary N) is 2. The minimum absolute atomic E-state index is 0.0667. The lowest BCUT2D eigenvalue weighted by Gasteiger charge is -2.19. The van der Waals surface area contributed by atoms with Gasteiger partial charge >= 0.3 is 0 Å². The average molecular weight is 238 g/mol. The van der Waals surface area contributed by atoms with E-state index in [4.69, 9.17) is 11.6 Å². The van der Waals surface area contributed by atoms with Crippen LogP contribution in [0.1, 0.15) is 19.5 Å². The fraction of sp³-hybridized carbons (Fsp3) is 0.500. The highest BCUT2D eigenvalue weighted by Crippen LogP contribution is 2.13. The smallest absolute Gasteiger partial charge is 0.240 e. The van der Waals surface area contributed by atoms with Crippen molar-refractivity contribution in [3.63, 3.8) is 0 Å². The third-order valence-electron chi connectivity index (χ3n) is 2.26. The highest BCUT2D eigenvalue weighted by Gasteiger charge is 2.19. The van der Waals surface area contributed by atoms with Gasteiger partial charge in [-0.3, -0.25) is 10.2 Å². The van der Waals surface area contributed by atoms with Crippen molar-refractivity contribution in [3.05, 3.63) is 11.8 Å². The molecule has 1 heterocycles. The molecule has 6 N–H and O–H groups in total. The summed E-state index contributed by atoms with van der Waals surface area (Å²) < 4.78 is 0. The number of hydrazine groups is 1. The SMILES string of the molecule is Cc1cc(NC(C(N)=O)C(C)C)nc(NN)n1. The van der Waals surface area contributed by atoms with E-state index in [1.165, 1.54) is 0 Å². The van der Waals surface area contributed by atoms with E-state index in [1.54, 1.807) is 6.07 Å². The maximum atomic E-state index is 11.3. The van der Waals surface area contributed by atoms with Crippen molar-refractivity contribution in [2.24, 2.45) is 17.5 Å². The second-order valence-corrected chi connectivity index (χ2v) is 4.13. The van der Waals surface area contributed by atoms with Crippen molar-refractivity contribution in [2.75, 3.05) is 10.7 Å². The van der Waals surface area contributed by atoms with Gasteiger partial charge in [-0.1, -0.05) is 13.8 Å². The van der Waals surface area contributed by atoms with E-state index in [-0.39, 0.29) is 5.92 Å². The molecule has 7 heteroatoms. The number of amides is 1. The van der Waals surface area contributed by atoms with E-state index in [0.717, 1.165) is 5.69 Å². The van der Waals surface area contributed by atoms with E-state index in [9.17, 15) is 4.79 Å². The molecule has 0 radical (unpaired) electrons. The zero-order chi connectivity index (χ0) is 13.0. The molecule has 1 unspecified atom stereocenters. The standard InChI is InChI=1S/C10H18N6O/c1-5(2)8(9(11)17)14-7-4-6(3)13-10(15-7)16-12/h4-5,8H,12H2,1-3H3,(H2,11,17)(H2,13,14,15,16). The second-order valence-electron chi connectivity index (χ2n) is 4.13. The van der Waals surface area contributed by atoms with Crippen molar-refractivity contribution in [3.8, 4) is 0 Å². The molecule has 0 saturated carbocycles. The quantitative estimate of drug-likeness (QED) is 0.423. The Hall–Kier alpha value is -1.89. The van der Waals surface area contributed by atoms with Crippen LogP contribution in [0, 0.1) is 12.8 Å². The minimum Gasteiger partial charge on any atom is -0.368 e. The van der Waals surface area contributed by atoms with E-state index >= 15 is 0 Å². The minimum atomic E-state index is -0.477. The Morgan fingerprint density at radius 3 is 2.53 bits per heavy atom. The number of rotatable bonds is 5. The number of carbonyl (C=O) groups excluding carboxylic acids is 1. The van der Waals surface area contributed by atoms with Crippen LogP contribution in [0.2, 0.25) is 0 Å². The third-order valence-corrected chi connectivity index (χ3v) is 2.26. The van der Waals surface area contributed by atoms with E-state index in [2.05, 4.69) is 20.7 Å². The number of nitrogen functional groups attached to an aromatic ring is 1. The van der Waals surface area contributed by atoms with Crippen molar-refractivity contribution in [1.82, 2.24) is 9.97 Å². The molecule has 17 heavy (non-hydrogen) atoms. The molecule has 1 aromatic heterocycles.